The van der Waals surface area contributed by atoms with E-state index in [0.29, 0.717) is 18.9 Å². The summed E-state index contributed by atoms with van der Waals surface area (Å²) in [5.74, 6) is 0.525. The van der Waals surface area contributed by atoms with E-state index >= 15 is 0 Å². The lowest BCUT2D eigenvalue weighted by Crippen LogP contribution is -2.25. The summed E-state index contributed by atoms with van der Waals surface area (Å²) in [6.45, 7) is 4.38. The Morgan fingerprint density at radius 2 is 1.89 bits per heavy atom. The zero-order valence-corrected chi connectivity index (χ0v) is 16.2. The predicted octanol–water partition coefficient (Wildman–Crippen LogP) is 2.50. The van der Waals surface area contributed by atoms with Gasteiger partial charge in [-0.15, -0.1) is 5.10 Å². The Hall–Kier alpha value is -3.42. The van der Waals surface area contributed by atoms with E-state index < -0.39 is 0 Å². The van der Waals surface area contributed by atoms with Gasteiger partial charge in [-0.05, 0) is 54.8 Å². The molecule has 0 amide bonds. The fraction of sp³-hybridized carbons (Fsp3) is 0.300. The maximum absolute atomic E-state index is 12.3. The van der Waals surface area contributed by atoms with Crippen LogP contribution in [0.4, 0.5) is 0 Å². The lowest BCUT2D eigenvalue weighted by Gasteiger charge is -2.19. The Balaban J connectivity index is 1.57. The molecule has 0 bridgehead atoms. The van der Waals surface area contributed by atoms with Crippen LogP contribution >= 0.6 is 0 Å². The van der Waals surface area contributed by atoms with Gasteiger partial charge in [-0.3, -0.25) is 0 Å². The van der Waals surface area contributed by atoms with E-state index in [9.17, 15) is 4.79 Å². The highest BCUT2D eigenvalue weighted by atomic mass is 16.5. The second kappa shape index (κ2) is 7.30. The maximum atomic E-state index is 12.3. The number of nitrogens with zero attached hydrogens (tertiary/aromatic N) is 6. The van der Waals surface area contributed by atoms with Crippen LogP contribution in [0.2, 0.25) is 0 Å². The molecule has 0 aliphatic heterocycles. The molecular weight excluding hydrogens is 356 g/mol. The van der Waals surface area contributed by atoms with Crippen molar-refractivity contribution in [2.75, 3.05) is 6.61 Å². The molecule has 0 N–H and O–H groups in total. The first-order valence-electron chi connectivity index (χ1n) is 9.17. The molecule has 8 heteroatoms. The van der Waals surface area contributed by atoms with Crippen molar-refractivity contribution in [3.8, 4) is 11.6 Å². The molecule has 0 saturated heterocycles. The minimum Gasteiger partial charge on any atom is -0.472 e. The monoisotopic (exact) mass is 378 g/mol. The van der Waals surface area contributed by atoms with Gasteiger partial charge < -0.3 is 4.74 Å². The number of hydrogen-bond acceptors (Lipinski definition) is 5. The van der Waals surface area contributed by atoms with Crippen LogP contribution in [0.3, 0.4) is 0 Å². The SMILES string of the molecule is CC1=CCCC(n2nnn(C)c2=O)=C1COc1ccn(-c2ccc(C)cc2)n1. The average Bonchev–Trinajstić information content (AvgIpc) is 3.29. The largest absolute Gasteiger partial charge is 0.472 e. The lowest BCUT2D eigenvalue weighted by molar-refractivity contribution is 0.336. The number of allylic oxidation sites excluding steroid dienone is 2. The van der Waals surface area contributed by atoms with Gasteiger partial charge in [0.25, 0.3) is 0 Å². The molecule has 2 aromatic heterocycles. The molecule has 0 fully saturated rings. The molecule has 0 radical (unpaired) electrons. The predicted molar refractivity (Wildman–Crippen MR) is 105 cm³/mol. The Kier molecular flexibility index (Phi) is 4.68. The first kappa shape index (κ1) is 18.0. The Labute approximate surface area is 162 Å². The minimum absolute atomic E-state index is 0.258. The third-order valence-corrected chi connectivity index (χ3v) is 4.86. The zero-order chi connectivity index (χ0) is 19.7. The molecule has 4 rings (SSSR count). The number of tetrazole rings is 1. The van der Waals surface area contributed by atoms with Crippen LogP contribution in [0.25, 0.3) is 11.4 Å². The standard InChI is InChI=1S/C20H22N6O2/c1-14-7-9-16(10-8-14)25-12-11-19(21-25)28-13-17-15(2)5-4-6-18(17)26-20(27)24(3)22-23-26/h5,7-12H,4,6,13H2,1-3H3. The van der Waals surface area contributed by atoms with Gasteiger partial charge in [0.2, 0.25) is 5.88 Å². The first-order chi connectivity index (χ1) is 13.5. The number of aromatic nitrogens is 6. The molecule has 0 atom stereocenters. The number of aryl methyl sites for hydroxylation is 2. The quantitative estimate of drug-likeness (QED) is 0.681. The molecule has 1 aliphatic carbocycles. The van der Waals surface area contributed by atoms with Crippen LogP contribution in [0.1, 0.15) is 25.3 Å². The normalized spacial score (nSPS) is 14.3. The van der Waals surface area contributed by atoms with E-state index in [-0.39, 0.29) is 5.69 Å². The van der Waals surface area contributed by atoms with Crippen LogP contribution in [-0.2, 0) is 7.05 Å². The van der Waals surface area contributed by atoms with Gasteiger partial charge in [0, 0.05) is 24.9 Å². The molecule has 144 valence electrons. The number of hydrogen-bond donors (Lipinski definition) is 0. The van der Waals surface area contributed by atoms with Crippen LogP contribution in [-0.4, -0.2) is 36.2 Å². The van der Waals surface area contributed by atoms with Crippen LogP contribution in [0.5, 0.6) is 5.88 Å². The third-order valence-electron chi connectivity index (χ3n) is 4.86. The molecule has 0 spiro atoms. The van der Waals surface area contributed by atoms with E-state index in [0.717, 1.165) is 29.0 Å². The average molecular weight is 378 g/mol. The summed E-state index contributed by atoms with van der Waals surface area (Å²) < 4.78 is 10.3. The van der Waals surface area contributed by atoms with Crippen molar-refractivity contribution in [3.05, 3.63) is 69.8 Å². The van der Waals surface area contributed by atoms with Crippen molar-refractivity contribution in [2.45, 2.75) is 26.7 Å². The summed E-state index contributed by atoms with van der Waals surface area (Å²) in [6, 6.07) is 9.95. The smallest absolute Gasteiger partial charge is 0.367 e. The van der Waals surface area contributed by atoms with Crippen LogP contribution in [0, 0.1) is 6.92 Å². The Morgan fingerprint density at radius 1 is 1.11 bits per heavy atom. The van der Waals surface area contributed by atoms with Gasteiger partial charge in [-0.2, -0.15) is 9.36 Å². The highest BCUT2D eigenvalue weighted by Gasteiger charge is 2.19. The van der Waals surface area contributed by atoms with E-state index in [1.807, 2.05) is 43.5 Å². The summed E-state index contributed by atoms with van der Waals surface area (Å²) >= 11 is 0. The van der Waals surface area contributed by atoms with Gasteiger partial charge in [0.1, 0.15) is 6.61 Å². The molecule has 1 aromatic carbocycles. The van der Waals surface area contributed by atoms with Gasteiger partial charge in [0.15, 0.2) is 0 Å². The number of rotatable bonds is 5. The van der Waals surface area contributed by atoms with Gasteiger partial charge >= 0.3 is 5.69 Å². The maximum Gasteiger partial charge on any atom is 0.367 e. The minimum atomic E-state index is -0.258. The Morgan fingerprint density at radius 3 is 2.61 bits per heavy atom. The number of ether oxygens (including phenoxy) is 1. The van der Waals surface area contributed by atoms with Gasteiger partial charge in [0.05, 0.1) is 11.4 Å². The molecule has 1 aliphatic rings. The van der Waals surface area contributed by atoms with E-state index in [1.165, 1.54) is 14.9 Å². The van der Waals surface area contributed by atoms with Crippen molar-refractivity contribution < 1.29 is 4.74 Å². The summed E-state index contributed by atoms with van der Waals surface area (Å²) in [5.41, 5.74) is 4.77. The van der Waals surface area contributed by atoms with Gasteiger partial charge in [-0.1, -0.05) is 23.8 Å². The van der Waals surface area contributed by atoms with Gasteiger partial charge in [-0.25, -0.2) is 9.48 Å². The summed E-state index contributed by atoms with van der Waals surface area (Å²) in [6.07, 6.45) is 5.59. The highest BCUT2D eigenvalue weighted by Crippen LogP contribution is 2.27. The molecule has 28 heavy (non-hydrogen) atoms. The Bertz CT molecular complexity index is 1110. The fourth-order valence-corrected chi connectivity index (χ4v) is 3.21. The lowest BCUT2D eigenvalue weighted by atomic mass is 9.96. The van der Waals surface area contributed by atoms with Crippen molar-refractivity contribution in [2.24, 2.45) is 7.05 Å². The van der Waals surface area contributed by atoms with Crippen molar-refractivity contribution in [1.29, 1.82) is 0 Å². The summed E-state index contributed by atoms with van der Waals surface area (Å²) in [7, 11) is 1.59. The van der Waals surface area contributed by atoms with Crippen molar-refractivity contribution >= 4 is 5.70 Å². The van der Waals surface area contributed by atoms with Crippen LogP contribution < -0.4 is 10.4 Å². The highest BCUT2D eigenvalue weighted by molar-refractivity contribution is 5.59. The molecule has 0 saturated carbocycles. The zero-order valence-electron chi connectivity index (χ0n) is 16.2. The number of benzene rings is 1. The van der Waals surface area contributed by atoms with E-state index in [4.69, 9.17) is 4.74 Å². The first-order valence-corrected chi connectivity index (χ1v) is 9.17. The third kappa shape index (κ3) is 3.40. The molecule has 8 nitrogen and oxygen atoms in total. The second-order valence-corrected chi connectivity index (χ2v) is 6.87. The van der Waals surface area contributed by atoms with E-state index in [1.54, 1.807) is 11.7 Å². The van der Waals surface area contributed by atoms with E-state index in [2.05, 4.69) is 28.5 Å². The van der Waals surface area contributed by atoms with Crippen LogP contribution in [0.15, 0.2) is 58.5 Å². The molecule has 2 heterocycles. The fourth-order valence-electron chi connectivity index (χ4n) is 3.21. The summed E-state index contributed by atoms with van der Waals surface area (Å²) in [5, 5.41) is 12.3. The molecule has 3 aromatic rings. The second-order valence-electron chi connectivity index (χ2n) is 6.87. The molecule has 0 unspecified atom stereocenters. The van der Waals surface area contributed by atoms with Crippen molar-refractivity contribution in [3.63, 3.8) is 0 Å². The summed E-state index contributed by atoms with van der Waals surface area (Å²) in [4.78, 5) is 12.3. The topological polar surface area (TPSA) is 79.8 Å². The molecular formula is C20H22N6O2. The van der Waals surface area contributed by atoms with Crippen molar-refractivity contribution in [1.82, 2.24) is 29.6 Å².